The zero-order valence-electron chi connectivity index (χ0n) is 13.7. The maximum Gasteiger partial charge on any atom is 0.271 e. The Morgan fingerprint density at radius 1 is 1.12 bits per heavy atom. The number of aromatic hydroxyl groups is 2. The van der Waals surface area contributed by atoms with E-state index >= 15 is 0 Å². The molecule has 2 aromatic rings. The Hall–Kier alpha value is -3.02. The van der Waals surface area contributed by atoms with Gasteiger partial charge in [-0.3, -0.25) is 4.79 Å². The quantitative estimate of drug-likeness (QED) is 0.433. The zero-order valence-corrected chi connectivity index (χ0v) is 13.7. The molecule has 0 aliphatic carbocycles. The minimum Gasteiger partial charge on any atom is -0.504 e. The summed E-state index contributed by atoms with van der Waals surface area (Å²) in [5, 5.41) is 22.8. The third-order valence-corrected chi connectivity index (χ3v) is 3.67. The van der Waals surface area contributed by atoms with Crippen molar-refractivity contribution in [1.29, 1.82) is 0 Å². The van der Waals surface area contributed by atoms with Gasteiger partial charge in [0.05, 0.1) is 6.21 Å². The van der Waals surface area contributed by atoms with Crippen LogP contribution in [0.4, 0.5) is 5.69 Å². The molecule has 2 aromatic carbocycles. The molecule has 3 N–H and O–H groups in total. The number of rotatable bonds is 6. The summed E-state index contributed by atoms with van der Waals surface area (Å²) in [5.41, 5.74) is 4.26. The Balaban J connectivity index is 2.02. The molecule has 2 rings (SSSR count). The lowest BCUT2D eigenvalue weighted by atomic mass is 10.2. The van der Waals surface area contributed by atoms with Crippen molar-refractivity contribution in [3.05, 3.63) is 53.6 Å². The van der Waals surface area contributed by atoms with Crippen molar-refractivity contribution in [2.75, 3.05) is 18.0 Å². The molecule has 1 amide bonds. The van der Waals surface area contributed by atoms with Crippen molar-refractivity contribution < 1.29 is 15.0 Å². The van der Waals surface area contributed by atoms with Gasteiger partial charge in [-0.05, 0) is 50.2 Å². The minimum absolute atomic E-state index is 0.239. The van der Waals surface area contributed by atoms with Crippen LogP contribution in [0.1, 0.15) is 29.8 Å². The van der Waals surface area contributed by atoms with Crippen LogP contribution >= 0.6 is 0 Å². The summed E-state index contributed by atoms with van der Waals surface area (Å²) in [6.07, 6.45) is 1.28. The normalized spacial score (nSPS) is 10.8. The second-order valence-electron chi connectivity index (χ2n) is 5.13. The second-order valence-corrected chi connectivity index (χ2v) is 5.13. The number of carbonyl (C=O) groups is 1. The number of phenols is 2. The number of amides is 1. The maximum absolute atomic E-state index is 12.1. The highest BCUT2D eigenvalue weighted by Gasteiger charge is 2.07. The molecule has 6 heteroatoms. The van der Waals surface area contributed by atoms with E-state index in [0.29, 0.717) is 11.1 Å². The van der Waals surface area contributed by atoms with Crippen LogP contribution in [0, 0.1) is 0 Å². The van der Waals surface area contributed by atoms with Gasteiger partial charge in [-0.15, -0.1) is 0 Å². The molecule has 0 fully saturated rings. The van der Waals surface area contributed by atoms with Crippen molar-refractivity contribution in [3.8, 4) is 11.5 Å². The van der Waals surface area contributed by atoms with Crippen molar-refractivity contribution >= 4 is 17.8 Å². The summed E-state index contributed by atoms with van der Waals surface area (Å²) in [6, 6.07) is 11.8. The lowest BCUT2D eigenvalue weighted by molar-refractivity contribution is 0.0955. The van der Waals surface area contributed by atoms with E-state index in [1.54, 1.807) is 24.3 Å². The Morgan fingerprint density at radius 2 is 1.79 bits per heavy atom. The maximum atomic E-state index is 12.1. The number of nitrogens with one attached hydrogen (secondary N) is 1. The van der Waals surface area contributed by atoms with Crippen LogP contribution in [0.2, 0.25) is 0 Å². The Labute approximate surface area is 141 Å². The van der Waals surface area contributed by atoms with Crippen molar-refractivity contribution in [1.82, 2.24) is 5.43 Å². The first-order chi connectivity index (χ1) is 11.6. The summed E-state index contributed by atoms with van der Waals surface area (Å²) < 4.78 is 0. The van der Waals surface area contributed by atoms with Gasteiger partial charge in [0, 0.05) is 29.9 Å². The molecule has 0 radical (unpaired) electrons. The third-order valence-electron chi connectivity index (χ3n) is 3.67. The van der Waals surface area contributed by atoms with Crippen molar-refractivity contribution in [2.24, 2.45) is 5.10 Å². The van der Waals surface area contributed by atoms with E-state index in [0.717, 1.165) is 18.8 Å². The molecule has 0 atom stereocenters. The first-order valence-corrected chi connectivity index (χ1v) is 7.76. The topological polar surface area (TPSA) is 85.2 Å². The summed E-state index contributed by atoms with van der Waals surface area (Å²) in [6.45, 7) is 5.96. The highest BCUT2D eigenvalue weighted by molar-refractivity contribution is 5.95. The standard InChI is InChI=1S/C18H21N3O3/c1-3-21(4-2)15-10-8-13(9-11-15)18(24)20-19-12-14-6-5-7-16(22)17(14)23/h5-12,22-23H,3-4H2,1-2H3,(H,20,24). The van der Waals surface area contributed by atoms with Gasteiger partial charge in [0.1, 0.15) is 0 Å². The van der Waals surface area contributed by atoms with Crippen LogP contribution in [0.15, 0.2) is 47.6 Å². The van der Waals surface area contributed by atoms with Gasteiger partial charge in [0.25, 0.3) is 5.91 Å². The van der Waals surface area contributed by atoms with Crippen LogP contribution in [-0.4, -0.2) is 35.4 Å². The van der Waals surface area contributed by atoms with Gasteiger partial charge < -0.3 is 15.1 Å². The molecule has 0 spiro atoms. The predicted octanol–water partition coefficient (Wildman–Crippen LogP) is 2.71. The van der Waals surface area contributed by atoms with Gasteiger partial charge in [0.2, 0.25) is 0 Å². The van der Waals surface area contributed by atoms with Gasteiger partial charge in [-0.2, -0.15) is 5.10 Å². The first-order valence-electron chi connectivity index (χ1n) is 7.76. The highest BCUT2D eigenvalue weighted by Crippen LogP contribution is 2.26. The number of hydrogen-bond acceptors (Lipinski definition) is 5. The van der Waals surface area contributed by atoms with Gasteiger partial charge in [-0.25, -0.2) is 5.43 Å². The number of hydrazone groups is 1. The summed E-state index contributed by atoms with van der Waals surface area (Å²) in [5.74, 6) is -0.867. The minimum atomic E-state index is -0.350. The summed E-state index contributed by atoms with van der Waals surface area (Å²) in [4.78, 5) is 14.2. The highest BCUT2D eigenvalue weighted by atomic mass is 16.3. The average Bonchev–Trinajstić information content (AvgIpc) is 2.60. The van der Waals surface area contributed by atoms with Gasteiger partial charge in [-0.1, -0.05) is 6.07 Å². The van der Waals surface area contributed by atoms with E-state index in [1.807, 2.05) is 12.1 Å². The number of phenolic OH excluding ortho intramolecular Hbond substituents is 2. The Bertz CT molecular complexity index is 723. The van der Waals surface area contributed by atoms with Crippen molar-refractivity contribution in [3.63, 3.8) is 0 Å². The average molecular weight is 327 g/mol. The SMILES string of the molecule is CCN(CC)c1ccc(C(=O)NN=Cc2cccc(O)c2O)cc1. The van der Waals surface area contributed by atoms with E-state index in [2.05, 4.69) is 29.3 Å². The molecule has 0 aliphatic heterocycles. The molecule has 0 aromatic heterocycles. The summed E-state index contributed by atoms with van der Waals surface area (Å²) >= 11 is 0. The van der Waals surface area contributed by atoms with E-state index in [9.17, 15) is 15.0 Å². The molecule has 0 aliphatic rings. The zero-order chi connectivity index (χ0) is 17.5. The van der Waals surface area contributed by atoms with Crippen LogP contribution in [0.25, 0.3) is 0 Å². The fourth-order valence-corrected chi connectivity index (χ4v) is 2.29. The molecule has 0 unspecified atom stereocenters. The number of anilines is 1. The monoisotopic (exact) mass is 327 g/mol. The Morgan fingerprint density at radius 3 is 2.42 bits per heavy atom. The number of benzene rings is 2. The van der Waals surface area contributed by atoms with E-state index in [4.69, 9.17) is 0 Å². The molecule has 0 saturated heterocycles. The van der Waals surface area contributed by atoms with Crippen LogP contribution < -0.4 is 10.3 Å². The van der Waals surface area contributed by atoms with Crippen LogP contribution in [-0.2, 0) is 0 Å². The van der Waals surface area contributed by atoms with E-state index in [1.165, 1.54) is 12.3 Å². The number of hydrogen-bond donors (Lipinski definition) is 3. The molecular formula is C18H21N3O3. The van der Waals surface area contributed by atoms with Crippen molar-refractivity contribution in [2.45, 2.75) is 13.8 Å². The molecule has 126 valence electrons. The Kier molecular flexibility index (Phi) is 5.78. The molecule has 0 bridgehead atoms. The predicted molar refractivity (Wildman–Crippen MR) is 94.8 cm³/mol. The largest absolute Gasteiger partial charge is 0.504 e. The smallest absolute Gasteiger partial charge is 0.271 e. The first kappa shape index (κ1) is 17.3. The summed E-state index contributed by atoms with van der Waals surface area (Å²) in [7, 11) is 0. The van der Waals surface area contributed by atoms with E-state index in [-0.39, 0.29) is 17.4 Å². The lowest BCUT2D eigenvalue weighted by Crippen LogP contribution is -2.22. The van der Waals surface area contributed by atoms with Gasteiger partial charge >= 0.3 is 0 Å². The lowest BCUT2D eigenvalue weighted by Gasteiger charge is -2.20. The van der Waals surface area contributed by atoms with Crippen LogP contribution in [0.5, 0.6) is 11.5 Å². The fourth-order valence-electron chi connectivity index (χ4n) is 2.29. The fraction of sp³-hybridized carbons (Fsp3) is 0.222. The molecule has 6 nitrogen and oxygen atoms in total. The van der Waals surface area contributed by atoms with E-state index < -0.39 is 0 Å². The van der Waals surface area contributed by atoms with Crippen LogP contribution in [0.3, 0.4) is 0 Å². The third kappa shape index (κ3) is 4.04. The number of nitrogens with zero attached hydrogens (tertiary/aromatic N) is 2. The molecule has 24 heavy (non-hydrogen) atoms. The number of carbonyl (C=O) groups excluding carboxylic acids is 1. The second kappa shape index (κ2) is 8.01. The number of para-hydroxylation sites is 1. The van der Waals surface area contributed by atoms with Gasteiger partial charge in [0.15, 0.2) is 11.5 Å². The molecule has 0 saturated carbocycles. The molecule has 0 heterocycles. The molecular weight excluding hydrogens is 306 g/mol.